The lowest BCUT2D eigenvalue weighted by Crippen LogP contribution is -2.18. The fourth-order valence-corrected chi connectivity index (χ4v) is 2.99. The Labute approximate surface area is 121 Å². The first-order valence-corrected chi connectivity index (χ1v) is 7.15. The van der Waals surface area contributed by atoms with E-state index in [9.17, 15) is 9.18 Å². The van der Waals surface area contributed by atoms with Gasteiger partial charge in [-0.1, -0.05) is 11.2 Å². The molecule has 0 unspecified atom stereocenters. The molecule has 0 spiro atoms. The SMILES string of the molecule is COC(=O)c1cccc(F)c1CSC1=NOC(C)(C)C1. The summed E-state index contributed by atoms with van der Waals surface area (Å²) < 4.78 is 18.5. The third-order valence-corrected chi connectivity index (χ3v) is 3.86. The van der Waals surface area contributed by atoms with Crippen LogP contribution in [0.4, 0.5) is 4.39 Å². The zero-order chi connectivity index (χ0) is 14.8. The molecule has 0 saturated carbocycles. The molecule has 0 fully saturated rings. The van der Waals surface area contributed by atoms with Crippen LogP contribution in [-0.2, 0) is 15.3 Å². The highest BCUT2D eigenvalue weighted by Crippen LogP contribution is 2.30. The number of esters is 1. The summed E-state index contributed by atoms with van der Waals surface area (Å²) in [4.78, 5) is 16.9. The van der Waals surface area contributed by atoms with Crippen molar-refractivity contribution in [3.05, 3.63) is 35.1 Å². The summed E-state index contributed by atoms with van der Waals surface area (Å²) in [6.45, 7) is 3.88. The Bertz CT molecular complexity index is 557. The molecule has 1 aliphatic rings. The van der Waals surface area contributed by atoms with Crippen LogP contribution < -0.4 is 0 Å². The number of methoxy groups -OCH3 is 1. The molecule has 0 saturated heterocycles. The van der Waals surface area contributed by atoms with Gasteiger partial charge >= 0.3 is 5.97 Å². The number of hydrogen-bond donors (Lipinski definition) is 0. The molecular formula is C14H16FNO3S. The second-order valence-corrected chi connectivity index (χ2v) is 6.11. The van der Waals surface area contributed by atoms with Crippen LogP contribution in [0.1, 0.15) is 36.2 Å². The van der Waals surface area contributed by atoms with Crippen LogP contribution >= 0.6 is 11.8 Å². The number of oxime groups is 1. The Morgan fingerprint density at radius 3 is 2.90 bits per heavy atom. The van der Waals surface area contributed by atoms with E-state index in [0.717, 1.165) is 5.04 Å². The maximum absolute atomic E-state index is 13.9. The van der Waals surface area contributed by atoms with Gasteiger partial charge in [0.25, 0.3) is 0 Å². The summed E-state index contributed by atoms with van der Waals surface area (Å²) in [5, 5.41) is 4.77. The first-order chi connectivity index (χ1) is 9.43. The number of halogens is 1. The number of thioether (sulfide) groups is 1. The fraction of sp³-hybridized carbons (Fsp3) is 0.429. The third kappa shape index (κ3) is 3.30. The van der Waals surface area contributed by atoms with Crippen LogP contribution in [0.3, 0.4) is 0 Å². The van der Waals surface area contributed by atoms with E-state index in [1.165, 1.54) is 31.0 Å². The van der Waals surface area contributed by atoms with Gasteiger partial charge < -0.3 is 9.57 Å². The fourth-order valence-electron chi connectivity index (χ4n) is 1.84. The van der Waals surface area contributed by atoms with Gasteiger partial charge in [0, 0.05) is 17.7 Å². The van der Waals surface area contributed by atoms with Crippen molar-refractivity contribution in [3.8, 4) is 0 Å². The van der Waals surface area contributed by atoms with Gasteiger partial charge in [-0.15, -0.1) is 11.8 Å². The lowest BCUT2D eigenvalue weighted by molar-refractivity contribution is 0.0123. The van der Waals surface area contributed by atoms with Gasteiger partial charge in [-0.3, -0.25) is 0 Å². The van der Waals surface area contributed by atoms with Gasteiger partial charge in [0.1, 0.15) is 16.5 Å². The highest BCUT2D eigenvalue weighted by Gasteiger charge is 2.29. The summed E-state index contributed by atoms with van der Waals surface area (Å²) in [6, 6.07) is 4.38. The van der Waals surface area contributed by atoms with Crippen molar-refractivity contribution in [1.82, 2.24) is 0 Å². The van der Waals surface area contributed by atoms with Gasteiger partial charge in [-0.25, -0.2) is 9.18 Å². The Hall–Kier alpha value is -1.56. The smallest absolute Gasteiger partial charge is 0.338 e. The third-order valence-electron chi connectivity index (χ3n) is 2.88. The average molecular weight is 297 g/mol. The van der Waals surface area contributed by atoms with Crippen molar-refractivity contribution in [3.63, 3.8) is 0 Å². The normalized spacial score (nSPS) is 16.5. The second kappa shape index (κ2) is 5.83. The molecule has 0 amide bonds. The van der Waals surface area contributed by atoms with E-state index in [0.29, 0.717) is 17.7 Å². The van der Waals surface area contributed by atoms with E-state index < -0.39 is 11.8 Å². The van der Waals surface area contributed by atoms with Crippen LogP contribution in [0.25, 0.3) is 0 Å². The summed E-state index contributed by atoms with van der Waals surface area (Å²) in [5.74, 6) is -0.640. The molecule has 2 rings (SSSR count). The standard InChI is InChI=1S/C14H16FNO3S/c1-14(2)7-12(16-19-14)20-8-10-9(13(17)18-3)5-4-6-11(10)15/h4-6H,7-8H2,1-3H3. The van der Waals surface area contributed by atoms with E-state index in [1.54, 1.807) is 6.07 Å². The van der Waals surface area contributed by atoms with Crippen LogP contribution in [-0.4, -0.2) is 23.7 Å². The summed E-state index contributed by atoms with van der Waals surface area (Å²) in [5.41, 5.74) is 0.262. The Balaban J connectivity index is 2.12. The largest absolute Gasteiger partial charge is 0.465 e. The number of benzene rings is 1. The number of carbonyl (C=O) groups excluding carboxylic acids is 1. The Morgan fingerprint density at radius 2 is 2.30 bits per heavy atom. The zero-order valence-electron chi connectivity index (χ0n) is 11.6. The Morgan fingerprint density at radius 1 is 1.55 bits per heavy atom. The highest BCUT2D eigenvalue weighted by molar-refractivity contribution is 8.13. The molecule has 6 heteroatoms. The van der Waals surface area contributed by atoms with Crippen molar-refractivity contribution < 1.29 is 18.8 Å². The minimum atomic E-state index is -0.537. The van der Waals surface area contributed by atoms with Crippen molar-refractivity contribution in [2.24, 2.45) is 5.16 Å². The topological polar surface area (TPSA) is 47.9 Å². The van der Waals surface area contributed by atoms with Gasteiger partial charge in [0.15, 0.2) is 0 Å². The monoisotopic (exact) mass is 297 g/mol. The molecule has 20 heavy (non-hydrogen) atoms. The molecule has 0 aromatic heterocycles. The van der Waals surface area contributed by atoms with E-state index in [-0.39, 0.29) is 11.2 Å². The number of rotatable bonds is 3. The molecule has 1 aromatic rings. The van der Waals surface area contributed by atoms with Crippen LogP contribution in [0.2, 0.25) is 0 Å². The molecule has 108 valence electrons. The molecular weight excluding hydrogens is 281 g/mol. The van der Waals surface area contributed by atoms with E-state index in [2.05, 4.69) is 9.89 Å². The van der Waals surface area contributed by atoms with Crippen molar-refractivity contribution >= 4 is 22.8 Å². The second-order valence-electron chi connectivity index (χ2n) is 5.06. The first-order valence-electron chi connectivity index (χ1n) is 6.16. The molecule has 0 bridgehead atoms. The minimum Gasteiger partial charge on any atom is -0.465 e. The van der Waals surface area contributed by atoms with Crippen LogP contribution in [0.5, 0.6) is 0 Å². The van der Waals surface area contributed by atoms with Crippen LogP contribution in [0, 0.1) is 5.82 Å². The van der Waals surface area contributed by atoms with Crippen LogP contribution in [0.15, 0.2) is 23.4 Å². The number of carbonyl (C=O) groups is 1. The van der Waals surface area contributed by atoms with E-state index >= 15 is 0 Å². The number of hydrogen-bond acceptors (Lipinski definition) is 5. The lowest BCUT2D eigenvalue weighted by Gasteiger charge is -2.13. The van der Waals surface area contributed by atoms with E-state index in [1.807, 2.05) is 13.8 Å². The first kappa shape index (κ1) is 14.8. The summed E-state index contributed by atoms with van der Waals surface area (Å²) in [6.07, 6.45) is 0.680. The van der Waals surface area contributed by atoms with E-state index in [4.69, 9.17) is 4.84 Å². The molecule has 4 nitrogen and oxygen atoms in total. The van der Waals surface area contributed by atoms with Gasteiger partial charge in [0.2, 0.25) is 0 Å². The molecule has 1 aromatic carbocycles. The van der Waals surface area contributed by atoms with Crippen molar-refractivity contribution in [1.29, 1.82) is 0 Å². The lowest BCUT2D eigenvalue weighted by atomic mass is 10.1. The Kier molecular flexibility index (Phi) is 4.32. The minimum absolute atomic E-state index is 0.249. The molecule has 1 heterocycles. The molecule has 1 aliphatic heterocycles. The molecule has 0 N–H and O–H groups in total. The molecule has 0 radical (unpaired) electrons. The summed E-state index contributed by atoms with van der Waals surface area (Å²) >= 11 is 1.37. The predicted octanol–water partition coefficient (Wildman–Crippen LogP) is 3.36. The van der Waals surface area contributed by atoms with Crippen molar-refractivity contribution in [2.75, 3.05) is 7.11 Å². The number of nitrogens with zero attached hydrogens (tertiary/aromatic N) is 1. The molecule has 0 atom stereocenters. The van der Waals surface area contributed by atoms with Gasteiger partial charge in [-0.05, 0) is 26.0 Å². The van der Waals surface area contributed by atoms with Gasteiger partial charge in [0.05, 0.1) is 12.7 Å². The predicted molar refractivity (Wildman–Crippen MR) is 76.3 cm³/mol. The maximum atomic E-state index is 13.9. The quantitative estimate of drug-likeness (QED) is 0.803. The van der Waals surface area contributed by atoms with Gasteiger partial charge in [-0.2, -0.15) is 0 Å². The highest BCUT2D eigenvalue weighted by atomic mass is 32.2. The summed E-state index contributed by atoms with van der Waals surface area (Å²) in [7, 11) is 1.28. The number of ether oxygens (including phenoxy) is 1. The maximum Gasteiger partial charge on any atom is 0.338 e. The zero-order valence-corrected chi connectivity index (χ0v) is 12.4. The average Bonchev–Trinajstić information content (AvgIpc) is 2.75. The van der Waals surface area contributed by atoms with Crippen molar-refractivity contribution in [2.45, 2.75) is 31.6 Å². The molecule has 0 aliphatic carbocycles.